The molecule has 2 aromatic rings. The van der Waals surface area contributed by atoms with Crippen LogP contribution in [0.15, 0.2) is 45.3 Å². The molecule has 6 amide bonds. The second-order valence-corrected chi connectivity index (χ2v) is 12.6. The van der Waals surface area contributed by atoms with Crippen molar-refractivity contribution in [3.63, 3.8) is 0 Å². The number of primary amides is 1. The molecular formula is C29H43BrN10O5S. The number of amides is 6. The van der Waals surface area contributed by atoms with Gasteiger partial charge < -0.3 is 43.8 Å². The Labute approximate surface area is 280 Å². The molecule has 46 heavy (non-hydrogen) atoms. The lowest BCUT2D eigenvalue weighted by Gasteiger charge is -2.27. The average Bonchev–Trinajstić information content (AvgIpc) is 3.53. The van der Waals surface area contributed by atoms with Crippen LogP contribution in [-0.2, 0) is 9.59 Å². The number of carbonyl (C=O) groups is 5. The van der Waals surface area contributed by atoms with Crippen LogP contribution in [-0.4, -0.2) is 71.8 Å². The highest BCUT2D eigenvalue weighted by Crippen LogP contribution is 2.17. The smallest absolute Gasteiger partial charge is 0.315 e. The van der Waals surface area contributed by atoms with Crippen molar-refractivity contribution in [2.45, 2.75) is 70.6 Å². The molecule has 0 saturated carbocycles. The predicted octanol–water partition coefficient (Wildman–Crippen LogP) is 1.65. The molecule has 0 radical (unpaired) electrons. The van der Waals surface area contributed by atoms with Gasteiger partial charge in [0.25, 0.3) is 0 Å². The summed E-state index contributed by atoms with van der Waals surface area (Å²) in [5.41, 5.74) is 16.8. The average molecular weight is 724 g/mol. The van der Waals surface area contributed by atoms with E-state index in [1.165, 1.54) is 6.20 Å². The van der Waals surface area contributed by atoms with E-state index in [1.807, 2.05) is 24.3 Å². The summed E-state index contributed by atoms with van der Waals surface area (Å²) in [7, 11) is 0. The first-order valence-corrected chi connectivity index (χ1v) is 16.4. The lowest BCUT2D eigenvalue weighted by molar-refractivity contribution is -0.131. The Morgan fingerprint density at radius 2 is 1.57 bits per heavy atom. The molecule has 4 atom stereocenters. The van der Waals surface area contributed by atoms with E-state index in [2.05, 4.69) is 52.5 Å². The number of guanidine groups is 1. The number of nitrogens with two attached hydrogens (primary N) is 3. The molecule has 1 heterocycles. The number of hydrogen-bond acceptors (Lipinski definition) is 8. The summed E-state index contributed by atoms with van der Waals surface area (Å²) in [6, 6.07) is 2.68. The Morgan fingerprint density at radius 3 is 2.15 bits per heavy atom. The van der Waals surface area contributed by atoms with Crippen LogP contribution >= 0.6 is 27.3 Å². The molecule has 2 rings (SSSR count). The van der Waals surface area contributed by atoms with Crippen LogP contribution in [0.4, 0.5) is 9.59 Å². The maximum atomic E-state index is 13.5. The monoisotopic (exact) mass is 722 g/mol. The number of benzene rings is 1. The normalized spacial score (nSPS) is 13.4. The fourth-order valence-electron chi connectivity index (χ4n) is 4.33. The third-order valence-corrected chi connectivity index (χ3v) is 8.09. The molecule has 0 aliphatic heterocycles. The standard InChI is InChI=1S/C29H43BrN10O5S/c1-16(2)22(25(43)38-20(6-4-12-35-27(31)32)23(41)26-34-14-15-46-26)40-24(42)21(7-5-13-36-28(33)44)39-29(45)37-17(3)18-8-10-19(30)11-9-18/h8-11,14-17,20-22H,4-7,12-13H2,1-3H3,(H,38,43)(H,40,42)(H4,31,32,35)(H3,33,36,44)(H2,37,39,45)/t17-,20+,21+,22+/m1/s1. The molecule has 1 aromatic heterocycles. The molecule has 0 spiro atoms. The molecule has 1 aromatic carbocycles. The third-order valence-electron chi connectivity index (χ3n) is 6.78. The number of hydrogen-bond donors (Lipinski definition) is 8. The number of urea groups is 2. The van der Waals surface area contributed by atoms with Crippen molar-refractivity contribution in [3.05, 3.63) is 50.9 Å². The first-order chi connectivity index (χ1) is 21.8. The van der Waals surface area contributed by atoms with E-state index in [0.717, 1.165) is 21.4 Å². The van der Waals surface area contributed by atoms with Gasteiger partial charge in [0.1, 0.15) is 12.1 Å². The molecular weight excluding hydrogens is 680 g/mol. The second kappa shape index (κ2) is 19.3. The molecule has 0 unspecified atom stereocenters. The Balaban J connectivity index is 2.16. The van der Waals surface area contributed by atoms with Crippen LogP contribution < -0.4 is 43.8 Å². The van der Waals surface area contributed by atoms with Crippen LogP contribution in [0.25, 0.3) is 0 Å². The van der Waals surface area contributed by atoms with Gasteiger partial charge in [-0.25, -0.2) is 14.6 Å². The number of ketones is 1. The summed E-state index contributed by atoms with van der Waals surface area (Å²) in [5.74, 6) is -2.04. The highest BCUT2D eigenvalue weighted by Gasteiger charge is 2.32. The van der Waals surface area contributed by atoms with Crippen LogP contribution in [0, 0.1) is 5.92 Å². The van der Waals surface area contributed by atoms with Crippen LogP contribution in [0.3, 0.4) is 0 Å². The minimum absolute atomic E-state index is 0.0838. The molecule has 0 fully saturated rings. The SMILES string of the molecule is CC(C)[C@H](NC(=O)[C@H](CCCNC(N)=O)NC(=O)N[C@H](C)c1ccc(Br)cc1)C(=O)N[C@@H](CCCN=C(N)N)C(=O)c1nccs1. The molecule has 11 N–H and O–H groups in total. The van der Waals surface area contributed by atoms with Crippen molar-refractivity contribution in [2.24, 2.45) is 28.1 Å². The summed E-state index contributed by atoms with van der Waals surface area (Å²) in [4.78, 5) is 72.3. The number of nitrogens with zero attached hydrogens (tertiary/aromatic N) is 2. The topological polar surface area (TPSA) is 249 Å². The summed E-state index contributed by atoms with van der Waals surface area (Å²) in [5, 5.41) is 15.3. The van der Waals surface area contributed by atoms with E-state index >= 15 is 0 Å². The first-order valence-electron chi connectivity index (χ1n) is 14.7. The number of carbonyl (C=O) groups excluding carboxylic acids is 5. The van der Waals surface area contributed by atoms with Crippen molar-refractivity contribution in [2.75, 3.05) is 13.1 Å². The van der Waals surface area contributed by atoms with Gasteiger partial charge in [0, 0.05) is 29.1 Å². The Hall–Kier alpha value is -4.25. The Kier molecular flexibility index (Phi) is 15.9. The van der Waals surface area contributed by atoms with Gasteiger partial charge in [-0.05, 0) is 56.2 Å². The summed E-state index contributed by atoms with van der Waals surface area (Å²) in [6.45, 7) is 5.71. The second-order valence-electron chi connectivity index (χ2n) is 10.8. The van der Waals surface area contributed by atoms with Crippen molar-refractivity contribution >= 4 is 62.9 Å². The lowest BCUT2D eigenvalue weighted by Crippen LogP contribution is -2.58. The van der Waals surface area contributed by atoms with Gasteiger partial charge in [0.05, 0.1) is 12.1 Å². The van der Waals surface area contributed by atoms with Gasteiger partial charge in [-0.3, -0.25) is 19.4 Å². The molecule has 0 aliphatic carbocycles. The van der Waals surface area contributed by atoms with Crippen molar-refractivity contribution in [3.8, 4) is 0 Å². The fourth-order valence-corrected chi connectivity index (χ4v) is 5.23. The lowest BCUT2D eigenvalue weighted by atomic mass is 10.00. The molecule has 0 bridgehead atoms. The zero-order chi connectivity index (χ0) is 34.2. The fraction of sp³-hybridized carbons (Fsp3) is 0.483. The molecule has 17 heteroatoms. The van der Waals surface area contributed by atoms with Crippen LogP contribution in [0.2, 0.25) is 0 Å². The first kappa shape index (κ1) is 37.9. The minimum Gasteiger partial charge on any atom is -0.370 e. The number of Topliss-reactive ketones (excluding diaryl/α,β-unsaturated/α-hetero) is 1. The third kappa shape index (κ3) is 13.4. The predicted molar refractivity (Wildman–Crippen MR) is 180 cm³/mol. The summed E-state index contributed by atoms with van der Waals surface area (Å²) in [6.07, 6.45) is 2.57. The highest BCUT2D eigenvalue weighted by molar-refractivity contribution is 9.10. The maximum absolute atomic E-state index is 13.5. The number of halogens is 1. The van der Waals surface area contributed by atoms with Crippen molar-refractivity contribution < 1.29 is 24.0 Å². The van der Waals surface area contributed by atoms with E-state index in [4.69, 9.17) is 17.2 Å². The quantitative estimate of drug-likeness (QED) is 0.0485. The van der Waals surface area contributed by atoms with Gasteiger partial charge in [0.15, 0.2) is 11.0 Å². The van der Waals surface area contributed by atoms with E-state index in [0.29, 0.717) is 12.8 Å². The highest BCUT2D eigenvalue weighted by atomic mass is 79.9. The van der Waals surface area contributed by atoms with E-state index in [9.17, 15) is 24.0 Å². The molecule has 0 aliphatic rings. The van der Waals surface area contributed by atoms with Crippen LogP contribution in [0.1, 0.15) is 67.9 Å². The molecule has 15 nitrogen and oxygen atoms in total. The van der Waals surface area contributed by atoms with Gasteiger partial charge >= 0.3 is 12.1 Å². The zero-order valence-corrected chi connectivity index (χ0v) is 28.4. The number of thiazole rings is 1. The minimum atomic E-state index is -1.06. The maximum Gasteiger partial charge on any atom is 0.315 e. The van der Waals surface area contributed by atoms with E-state index < -0.39 is 42.0 Å². The van der Waals surface area contributed by atoms with E-state index in [-0.39, 0.29) is 54.6 Å². The number of aliphatic imine (C=N–C) groups is 1. The van der Waals surface area contributed by atoms with E-state index in [1.54, 1.807) is 26.2 Å². The van der Waals surface area contributed by atoms with Crippen molar-refractivity contribution in [1.82, 2.24) is 31.6 Å². The Morgan fingerprint density at radius 1 is 0.891 bits per heavy atom. The van der Waals surface area contributed by atoms with Gasteiger partial charge in [-0.1, -0.05) is 41.9 Å². The molecule has 252 valence electrons. The Bertz CT molecular complexity index is 1340. The zero-order valence-electron chi connectivity index (χ0n) is 26.0. The summed E-state index contributed by atoms with van der Waals surface area (Å²) < 4.78 is 0.891. The van der Waals surface area contributed by atoms with Crippen molar-refractivity contribution in [1.29, 1.82) is 0 Å². The van der Waals surface area contributed by atoms with Gasteiger partial charge in [-0.2, -0.15) is 0 Å². The van der Waals surface area contributed by atoms with Gasteiger partial charge in [0.2, 0.25) is 17.6 Å². The largest absolute Gasteiger partial charge is 0.370 e. The van der Waals surface area contributed by atoms with Crippen LogP contribution in [0.5, 0.6) is 0 Å². The number of nitrogens with one attached hydrogen (secondary N) is 5. The molecule has 0 saturated heterocycles. The number of aromatic nitrogens is 1. The van der Waals surface area contributed by atoms with Gasteiger partial charge in [-0.15, -0.1) is 11.3 Å². The number of rotatable bonds is 18. The summed E-state index contributed by atoms with van der Waals surface area (Å²) >= 11 is 4.53.